The fourth-order valence-electron chi connectivity index (χ4n) is 3.83. The second-order valence-corrected chi connectivity index (χ2v) is 9.28. The minimum atomic E-state index is -3.63. The van der Waals surface area contributed by atoms with Crippen molar-refractivity contribution in [2.75, 3.05) is 18.4 Å². The first kappa shape index (κ1) is 20.2. The van der Waals surface area contributed by atoms with Gasteiger partial charge in [0.2, 0.25) is 15.9 Å². The van der Waals surface area contributed by atoms with Crippen molar-refractivity contribution >= 4 is 21.6 Å². The molecule has 0 saturated carbocycles. The molecule has 8 nitrogen and oxygen atoms in total. The monoisotopic (exact) mass is 425 g/mol. The van der Waals surface area contributed by atoms with Crippen LogP contribution >= 0.6 is 0 Å². The molecular weight excluding hydrogens is 402 g/mol. The number of sulfonamides is 1. The van der Waals surface area contributed by atoms with Crippen molar-refractivity contribution in [2.45, 2.75) is 30.6 Å². The first-order chi connectivity index (χ1) is 14.4. The number of aromatic amines is 1. The van der Waals surface area contributed by atoms with Gasteiger partial charge in [-0.15, -0.1) is 0 Å². The van der Waals surface area contributed by atoms with Crippen LogP contribution in [0.4, 0.5) is 5.69 Å². The molecule has 9 heteroatoms. The highest BCUT2D eigenvalue weighted by Gasteiger charge is 2.32. The predicted octanol–water partition coefficient (Wildman–Crippen LogP) is 3.00. The minimum Gasteiger partial charge on any atom is -0.326 e. The number of pyridine rings is 1. The van der Waals surface area contributed by atoms with Gasteiger partial charge < -0.3 is 5.32 Å². The molecule has 4 rings (SSSR count). The highest BCUT2D eigenvalue weighted by Crippen LogP contribution is 2.34. The average Bonchev–Trinajstić information content (AvgIpc) is 3.24. The lowest BCUT2D eigenvalue weighted by Crippen LogP contribution is -2.39. The van der Waals surface area contributed by atoms with Crippen LogP contribution in [0.15, 0.2) is 59.9 Å². The van der Waals surface area contributed by atoms with Crippen molar-refractivity contribution in [2.24, 2.45) is 0 Å². The van der Waals surface area contributed by atoms with E-state index in [0.29, 0.717) is 18.8 Å². The van der Waals surface area contributed by atoms with E-state index in [2.05, 4.69) is 20.5 Å². The summed E-state index contributed by atoms with van der Waals surface area (Å²) in [5.74, 6) is -0.174. The topological polar surface area (TPSA) is 108 Å². The Morgan fingerprint density at radius 3 is 2.60 bits per heavy atom. The highest BCUT2D eigenvalue weighted by atomic mass is 32.2. The molecule has 1 aliphatic heterocycles. The van der Waals surface area contributed by atoms with Gasteiger partial charge >= 0.3 is 0 Å². The largest absolute Gasteiger partial charge is 0.326 e. The quantitative estimate of drug-likeness (QED) is 0.653. The number of rotatable bonds is 5. The van der Waals surface area contributed by atoms with Gasteiger partial charge in [0.25, 0.3) is 0 Å². The van der Waals surface area contributed by atoms with E-state index in [9.17, 15) is 13.2 Å². The Morgan fingerprint density at radius 1 is 1.17 bits per heavy atom. The molecule has 0 spiro atoms. The molecule has 1 fully saturated rings. The van der Waals surface area contributed by atoms with Crippen LogP contribution in [0.5, 0.6) is 0 Å². The number of anilines is 1. The molecule has 3 heterocycles. The van der Waals surface area contributed by atoms with E-state index in [1.807, 2.05) is 12.1 Å². The lowest BCUT2D eigenvalue weighted by atomic mass is 9.92. The van der Waals surface area contributed by atoms with Crippen LogP contribution < -0.4 is 5.32 Å². The van der Waals surface area contributed by atoms with Gasteiger partial charge in [-0.25, -0.2) is 8.42 Å². The van der Waals surface area contributed by atoms with Gasteiger partial charge in [0.1, 0.15) is 0 Å². The summed E-state index contributed by atoms with van der Waals surface area (Å²) in [4.78, 5) is 15.4. The number of aromatic nitrogens is 3. The van der Waals surface area contributed by atoms with E-state index in [1.165, 1.54) is 23.4 Å². The summed E-state index contributed by atoms with van der Waals surface area (Å²) in [6, 6.07) is 10.1. The average molecular weight is 426 g/mol. The number of nitrogens with zero attached hydrogens (tertiary/aromatic N) is 3. The molecule has 30 heavy (non-hydrogen) atoms. The van der Waals surface area contributed by atoms with Crippen molar-refractivity contribution < 1.29 is 13.2 Å². The van der Waals surface area contributed by atoms with Gasteiger partial charge in [-0.1, -0.05) is 0 Å². The zero-order valence-electron chi connectivity index (χ0n) is 16.6. The smallest absolute Gasteiger partial charge is 0.243 e. The molecule has 1 saturated heterocycles. The summed E-state index contributed by atoms with van der Waals surface area (Å²) in [5, 5.41) is 9.93. The molecule has 2 aromatic heterocycles. The maximum absolute atomic E-state index is 13.2. The Balaban J connectivity index is 1.56. The standard InChI is InChI=1S/C21H23N5O3S/c1-15(27)24-18-4-6-19(7-5-18)30(28,29)26-12-2-3-17(14-26)21-20(13-23-25-21)16-8-10-22-11-9-16/h4-11,13,17H,2-3,12,14H2,1H3,(H,23,25)(H,24,27)/t17-/m0/s1. The summed E-state index contributed by atoms with van der Waals surface area (Å²) in [7, 11) is -3.63. The molecule has 1 atom stereocenters. The Hall–Kier alpha value is -3.04. The Morgan fingerprint density at radius 2 is 1.90 bits per heavy atom. The van der Waals surface area contributed by atoms with Gasteiger partial charge in [0, 0.05) is 55.3 Å². The first-order valence-electron chi connectivity index (χ1n) is 9.76. The van der Waals surface area contributed by atoms with Crippen molar-refractivity contribution in [3.05, 3.63) is 60.7 Å². The van der Waals surface area contributed by atoms with Crippen LogP contribution in [0.2, 0.25) is 0 Å². The highest BCUT2D eigenvalue weighted by molar-refractivity contribution is 7.89. The molecule has 0 radical (unpaired) electrons. The van der Waals surface area contributed by atoms with Gasteiger partial charge in [-0.2, -0.15) is 9.40 Å². The summed E-state index contributed by atoms with van der Waals surface area (Å²) >= 11 is 0. The maximum Gasteiger partial charge on any atom is 0.243 e. The molecule has 2 N–H and O–H groups in total. The third kappa shape index (κ3) is 4.12. The summed E-state index contributed by atoms with van der Waals surface area (Å²) in [6.07, 6.45) is 6.89. The van der Waals surface area contributed by atoms with Crippen molar-refractivity contribution in [3.63, 3.8) is 0 Å². The Bertz CT molecular complexity index is 1130. The number of carbonyl (C=O) groups excluding carboxylic acids is 1. The van der Waals surface area contributed by atoms with Crippen molar-refractivity contribution in [1.82, 2.24) is 19.5 Å². The maximum atomic E-state index is 13.2. The number of nitrogens with one attached hydrogen (secondary N) is 2. The summed E-state index contributed by atoms with van der Waals surface area (Å²) in [6.45, 7) is 2.27. The minimum absolute atomic E-state index is 0.0258. The molecule has 3 aromatic rings. The number of amides is 1. The molecule has 0 bridgehead atoms. The third-order valence-electron chi connectivity index (χ3n) is 5.26. The van der Waals surface area contributed by atoms with Crippen LogP contribution in [0, 0.1) is 0 Å². The molecular formula is C21H23N5O3S. The zero-order valence-corrected chi connectivity index (χ0v) is 17.4. The molecule has 0 unspecified atom stereocenters. The van der Waals surface area contributed by atoms with E-state index >= 15 is 0 Å². The number of hydrogen-bond donors (Lipinski definition) is 2. The number of H-pyrrole nitrogens is 1. The van der Waals surface area contributed by atoms with Crippen molar-refractivity contribution in [1.29, 1.82) is 0 Å². The second kappa shape index (κ2) is 8.37. The van der Waals surface area contributed by atoms with Gasteiger partial charge in [-0.3, -0.25) is 14.9 Å². The number of carbonyl (C=O) groups is 1. The molecule has 156 valence electrons. The van der Waals surface area contributed by atoms with E-state index in [4.69, 9.17) is 0 Å². The van der Waals surface area contributed by atoms with E-state index in [0.717, 1.165) is 29.7 Å². The van der Waals surface area contributed by atoms with E-state index in [-0.39, 0.29) is 16.7 Å². The van der Waals surface area contributed by atoms with E-state index < -0.39 is 10.0 Å². The number of piperidine rings is 1. The second-order valence-electron chi connectivity index (χ2n) is 7.34. The normalized spacial score (nSPS) is 17.6. The summed E-state index contributed by atoms with van der Waals surface area (Å²) in [5.41, 5.74) is 3.49. The van der Waals surface area contributed by atoms with Gasteiger partial charge in [-0.05, 0) is 54.8 Å². The summed E-state index contributed by atoms with van der Waals surface area (Å²) < 4.78 is 27.9. The lowest BCUT2D eigenvalue weighted by Gasteiger charge is -2.32. The Kier molecular flexibility index (Phi) is 5.65. The fraction of sp³-hybridized carbons (Fsp3) is 0.286. The van der Waals surface area contributed by atoms with Crippen molar-refractivity contribution in [3.8, 4) is 11.1 Å². The molecule has 1 aromatic carbocycles. The number of hydrogen-bond acceptors (Lipinski definition) is 5. The number of benzene rings is 1. The molecule has 1 aliphatic rings. The zero-order chi connectivity index (χ0) is 21.1. The predicted molar refractivity (Wildman–Crippen MR) is 113 cm³/mol. The van der Waals surface area contributed by atoms with Gasteiger partial charge in [0.05, 0.1) is 11.1 Å². The third-order valence-corrected chi connectivity index (χ3v) is 7.14. The SMILES string of the molecule is CC(=O)Nc1ccc(S(=O)(=O)N2CCC[C@H](c3[nH]ncc3-c3ccncc3)C2)cc1. The van der Waals surface area contributed by atoms with Crippen LogP contribution in [0.1, 0.15) is 31.4 Å². The van der Waals surface area contributed by atoms with Crippen LogP contribution in [-0.4, -0.2) is 46.9 Å². The van der Waals surface area contributed by atoms with Crippen LogP contribution in [-0.2, 0) is 14.8 Å². The fourth-order valence-corrected chi connectivity index (χ4v) is 5.35. The van der Waals surface area contributed by atoms with E-state index in [1.54, 1.807) is 30.7 Å². The van der Waals surface area contributed by atoms with Gasteiger partial charge in [0.15, 0.2) is 0 Å². The Labute approximate surface area is 175 Å². The first-order valence-corrected chi connectivity index (χ1v) is 11.2. The van der Waals surface area contributed by atoms with Crippen LogP contribution in [0.25, 0.3) is 11.1 Å². The van der Waals surface area contributed by atoms with Crippen LogP contribution in [0.3, 0.4) is 0 Å². The lowest BCUT2D eigenvalue weighted by molar-refractivity contribution is -0.114. The molecule has 0 aliphatic carbocycles. The molecule has 1 amide bonds.